The van der Waals surface area contributed by atoms with Gasteiger partial charge in [-0.15, -0.1) is 0 Å². The molecule has 1 atom stereocenters. The Hall–Kier alpha value is -5.11. The summed E-state index contributed by atoms with van der Waals surface area (Å²) in [5.41, 5.74) is 1.37. The van der Waals surface area contributed by atoms with Crippen LogP contribution in [0.4, 0.5) is 4.79 Å². The summed E-state index contributed by atoms with van der Waals surface area (Å²) in [4.78, 5) is 38.4. The van der Waals surface area contributed by atoms with E-state index in [1.165, 1.54) is 13.2 Å². The second-order valence-electron chi connectivity index (χ2n) is 8.83. The molecule has 0 unspecified atom stereocenters. The molecule has 8 nitrogen and oxygen atoms in total. The van der Waals surface area contributed by atoms with Crippen LogP contribution >= 0.6 is 0 Å². The summed E-state index contributed by atoms with van der Waals surface area (Å²) in [7, 11) is 1.52. The van der Waals surface area contributed by atoms with E-state index in [2.05, 4.69) is 5.32 Å². The maximum atomic E-state index is 13.2. The standard InChI is InChI=1S/C31H25NO7/c1-36-22-12-14-24-25-15-13-23(18-28(25)39-29(33)26(24)17-22)38-30(34)27(16-20-8-4-2-5-9-20)32-31(35)37-19-21-10-6-3-7-11-21/h2-15,17-18,27H,16,19H2,1H3,(H,32,35)/t27-/m1/s1. The minimum atomic E-state index is -1.03. The molecule has 1 aromatic heterocycles. The number of methoxy groups -OCH3 is 1. The summed E-state index contributed by atoms with van der Waals surface area (Å²) in [5.74, 6) is 0.0164. The van der Waals surface area contributed by atoms with Gasteiger partial charge < -0.3 is 23.9 Å². The molecule has 1 N–H and O–H groups in total. The van der Waals surface area contributed by atoms with Crippen LogP contribution in [0, 0.1) is 0 Å². The number of esters is 1. The Morgan fingerprint density at radius 1 is 0.795 bits per heavy atom. The molecule has 0 saturated heterocycles. The van der Waals surface area contributed by atoms with E-state index < -0.39 is 23.7 Å². The smallest absolute Gasteiger partial charge is 0.408 e. The summed E-state index contributed by atoms with van der Waals surface area (Å²) in [5, 5.41) is 4.36. The van der Waals surface area contributed by atoms with Crippen molar-refractivity contribution in [2.24, 2.45) is 0 Å². The topological polar surface area (TPSA) is 104 Å². The highest BCUT2D eigenvalue weighted by Gasteiger charge is 2.25. The largest absolute Gasteiger partial charge is 0.497 e. The number of fused-ring (bicyclic) bond motifs is 3. The summed E-state index contributed by atoms with van der Waals surface area (Å²) >= 11 is 0. The number of alkyl carbamates (subject to hydrolysis) is 1. The molecule has 0 bridgehead atoms. The van der Waals surface area contributed by atoms with Gasteiger partial charge in [0.05, 0.1) is 12.5 Å². The molecule has 5 aromatic rings. The average Bonchev–Trinajstić information content (AvgIpc) is 2.96. The van der Waals surface area contributed by atoms with Crippen LogP contribution in [0.25, 0.3) is 21.7 Å². The van der Waals surface area contributed by atoms with Gasteiger partial charge in [0.2, 0.25) is 0 Å². The minimum Gasteiger partial charge on any atom is -0.497 e. The van der Waals surface area contributed by atoms with Crippen molar-refractivity contribution in [2.45, 2.75) is 19.1 Å². The SMILES string of the molecule is COc1ccc2c(c1)c(=O)oc1cc(OC(=O)[C@@H](Cc3ccccc3)NC(=O)OCc3ccccc3)ccc12. The summed E-state index contributed by atoms with van der Waals surface area (Å²) in [6.07, 6.45) is -0.557. The molecule has 0 radical (unpaired) electrons. The van der Waals surface area contributed by atoms with Gasteiger partial charge >= 0.3 is 17.7 Å². The number of carbonyl (C=O) groups is 2. The molecule has 0 fully saturated rings. The fourth-order valence-corrected chi connectivity index (χ4v) is 4.22. The Morgan fingerprint density at radius 3 is 2.18 bits per heavy atom. The molecule has 0 saturated carbocycles. The summed E-state index contributed by atoms with van der Waals surface area (Å²) in [6.45, 7) is 0.0588. The molecule has 0 aliphatic heterocycles. The molecule has 0 spiro atoms. The first kappa shape index (κ1) is 25.5. The van der Waals surface area contributed by atoms with E-state index in [4.69, 9.17) is 18.6 Å². The van der Waals surface area contributed by atoms with E-state index in [0.29, 0.717) is 21.9 Å². The monoisotopic (exact) mass is 523 g/mol. The maximum absolute atomic E-state index is 13.2. The van der Waals surface area contributed by atoms with Gasteiger partial charge in [-0.2, -0.15) is 0 Å². The van der Waals surface area contributed by atoms with Crippen LogP contribution in [0.5, 0.6) is 11.5 Å². The number of rotatable bonds is 8. The lowest BCUT2D eigenvalue weighted by atomic mass is 10.1. The molecule has 4 aromatic carbocycles. The van der Waals surface area contributed by atoms with Crippen LogP contribution in [-0.4, -0.2) is 25.2 Å². The van der Waals surface area contributed by atoms with Crippen LogP contribution in [0.1, 0.15) is 11.1 Å². The number of carbonyl (C=O) groups excluding carboxylic acids is 2. The molecule has 196 valence electrons. The highest BCUT2D eigenvalue weighted by Crippen LogP contribution is 2.28. The summed E-state index contributed by atoms with van der Waals surface area (Å²) in [6, 6.07) is 27.4. The number of benzene rings is 4. The Bertz CT molecular complexity index is 1680. The van der Waals surface area contributed by atoms with Gasteiger partial charge in [0.25, 0.3) is 0 Å². The molecular formula is C31H25NO7. The molecular weight excluding hydrogens is 498 g/mol. The zero-order valence-corrected chi connectivity index (χ0v) is 21.1. The fraction of sp³-hybridized carbons (Fsp3) is 0.129. The second kappa shape index (κ2) is 11.5. The van der Waals surface area contributed by atoms with Crippen molar-refractivity contribution in [3.63, 3.8) is 0 Å². The van der Waals surface area contributed by atoms with E-state index in [-0.39, 0.29) is 24.4 Å². The van der Waals surface area contributed by atoms with Crippen molar-refractivity contribution in [1.29, 1.82) is 0 Å². The molecule has 8 heteroatoms. The lowest BCUT2D eigenvalue weighted by Crippen LogP contribution is -2.44. The zero-order chi connectivity index (χ0) is 27.2. The van der Waals surface area contributed by atoms with Crippen LogP contribution in [0.3, 0.4) is 0 Å². The van der Waals surface area contributed by atoms with Crippen molar-refractivity contribution in [3.05, 3.63) is 119 Å². The highest BCUT2D eigenvalue weighted by molar-refractivity contribution is 6.05. The number of hydrogen-bond acceptors (Lipinski definition) is 7. The van der Waals surface area contributed by atoms with Gasteiger partial charge in [0.15, 0.2) is 0 Å². The Kier molecular flexibility index (Phi) is 7.54. The van der Waals surface area contributed by atoms with E-state index in [1.54, 1.807) is 30.3 Å². The number of nitrogens with one attached hydrogen (secondary N) is 1. The lowest BCUT2D eigenvalue weighted by Gasteiger charge is -2.18. The van der Waals surface area contributed by atoms with Gasteiger partial charge in [-0.05, 0) is 41.5 Å². The third-order valence-electron chi connectivity index (χ3n) is 6.18. The van der Waals surface area contributed by atoms with Gasteiger partial charge in [-0.3, -0.25) is 0 Å². The van der Waals surface area contributed by atoms with Crippen molar-refractivity contribution in [2.75, 3.05) is 7.11 Å². The Morgan fingerprint density at radius 2 is 1.46 bits per heavy atom. The number of hydrogen-bond donors (Lipinski definition) is 1. The Balaban J connectivity index is 1.36. The molecule has 0 aliphatic carbocycles. The Labute approximate surface area is 223 Å². The molecule has 0 aliphatic rings. The normalized spacial score (nSPS) is 11.6. The van der Waals surface area contributed by atoms with Gasteiger partial charge in [-0.1, -0.05) is 60.7 Å². The average molecular weight is 524 g/mol. The fourth-order valence-electron chi connectivity index (χ4n) is 4.22. The second-order valence-corrected chi connectivity index (χ2v) is 8.83. The van der Waals surface area contributed by atoms with Crippen LogP contribution in [0.2, 0.25) is 0 Å². The van der Waals surface area contributed by atoms with Gasteiger partial charge in [0, 0.05) is 23.3 Å². The van der Waals surface area contributed by atoms with Gasteiger partial charge in [-0.25, -0.2) is 14.4 Å². The third-order valence-corrected chi connectivity index (χ3v) is 6.18. The molecule has 1 amide bonds. The van der Waals surface area contributed by atoms with Crippen molar-refractivity contribution < 1.29 is 28.2 Å². The minimum absolute atomic E-state index is 0.0588. The van der Waals surface area contributed by atoms with Crippen LogP contribution < -0.4 is 20.4 Å². The highest BCUT2D eigenvalue weighted by atomic mass is 16.6. The van der Waals surface area contributed by atoms with Crippen molar-refractivity contribution >= 4 is 33.8 Å². The van der Waals surface area contributed by atoms with E-state index in [0.717, 1.165) is 11.1 Å². The first-order chi connectivity index (χ1) is 19.0. The maximum Gasteiger partial charge on any atom is 0.408 e. The van der Waals surface area contributed by atoms with E-state index in [9.17, 15) is 14.4 Å². The number of ether oxygens (including phenoxy) is 3. The zero-order valence-electron chi connectivity index (χ0n) is 21.1. The quantitative estimate of drug-likeness (QED) is 0.126. The van der Waals surface area contributed by atoms with Crippen LogP contribution in [0.15, 0.2) is 106 Å². The molecule has 39 heavy (non-hydrogen) atoms. The van der Waals surface area contributed by atoms with Crippen molar-refractivity contribution in [3.8, 4) is 11.5 Å². The third kappa shape index (κ3) is 6.07. The van der Waals surface area contributed by atoms with E-state index >= 15 is 0 Å². The predicted molar refractivity (Wildman–Crippen MR) is 146 cm³/mol. The molecule has 1 heterocycles. The summed E-state index contributed by atoms with van der Waals surface area (Å²) < 4.78 is 21.6. The van der Waals surface area contributed by atoms with Gasteiger partial charge in [0.1, 0.15) is 29.7 Å². The van der Waals surface area contributed by atoms with Crippen LogP contribution in [-0.2, 0) is 22.6 Å². The van der Waals surface area contributed by atoms with E-state index in [1.807, 2.05) is 60.7 Å². The molecule has 5 rings (SSSR count). The first-order valence-electron chi connectivity index (χ1n) is 12.3. The predicted octanol–water partition coefficient (Wildman–Crippen LogP) is 5.40. The number of amides is 1. The first-order valence-corrected chi connectivity index (χ1v) is 12.3. The van der Waals surface area contributed by atoms with Crippen molar-refractivity contribution in [1.82, 2.24) is 5.32 Å². The lowest BCUT2D eigenvalue weighted by molar-refractivity contribution is -0.136.